The molecule has 9 heteroatoms. The first kappa shape index (κ1) is 14.5. The van der Waals surface area contributed by atoms with Crippen molar-refractivity contribution in [3.8, 4) is 0 Å². The fourth-order valence-corrected chi connectivity index (χ4v) is 3.28. The summed E-state index contributed by atoms with van der Waals surface area (Å²) < 4.78 is 29.1. The second kappa shape index (κ2) is 5.22. The molecule has 1 N–H and O–H groups in total. The van der Waals surface area contributed by atoms with Gasteiger partial charge < -0.3 is 9.63 Å². The fraction of sp³-hybridized carbons (Fsp3) is 0.182. The van der Waals surface area contributed by atoms with E-state index in [-0.39, 0.29) is 27.2 Å². The van der Waals surface area contributed by atoms with E-state index in [0.717, 1.165) is 6.07 Å². The van der Waals surface area contributed by atoms with Crippen LogP contribution in [0.2, 0.25) is 5.02 Å². The Kier molecular flexibility index (Phi) is 3.78. The Bertz CT molecular complexity index is 769. The molecular weight excluding hydrogens is 308 g/mol. The summed E-state index contributed by atoms with van der Waals surface area (Å²) in [5.74, 6) is -1.54. The van der Waals surface area contributed by atoms with Gasteiger partial charge in [0.15, 0.2) is 15.7 Å². The SMILES string of the molecule is Cc1nc(CS(=O)(=O)c2cc(C(=O)O)ccc2Cl)no1. The minimum Gasteiger partial charge on any atom is -0.478 e. The lowest BCUT2D eigenvalue weighted by Gasteiger charge is -2.05. The fourth-order valence-electron chi connectivity index (χ4n) is 1.52. The highest BCUT2D eigenvalue weighted by Gasteiger charge is 2.23. The number of aryl methyl sites for hydroxylation is 1. The van der Waals surface area contributed by atoms with Crippen molar-refractivity contribution in [1.29, 1.82) is 0 Å². The van der Waals surface area contributed by atoms with Crippen LogP contribution in [0.4, 0.5) is 0 Å². The molecule has 1 heterocycles. The van der Waals surface area contributed by atoms with Gasteiger partial charge in [0.1, 0.15) is 5.75 Å². The first-order valence-electron chi connectivity index (χ1n) is 5.34. The Morgan fingerprint density at radius 3 is 2.70 bits per heavy atom. The maximum absolute atomic E-state index is 12.2. The molecule has 0 fully saturated rings. The third-order valence-electron chi connectivity index (χ3n) is 2.40. The van der Waals surface area contributed by atoms with Gasteiger partial charge in [-0.25, -0.2) is 13.2 Å². The van der Waals surface area contributed by atoms with Gasteiger partial charge in [0.2, 0.25) is 5.89 Å². The van der Waals surface area contributed by atoms with Crippen LogP contribution >= 0.6 is 11.6 Å². The molecular formula is C11H9ClN2O5S. The lowest BCUT2D eigenvalue weighted by Crippen LogP contribution is -2.08. The number of carboxylic acids is 1. The highest BCUT2D eigenvalue weighted by Crippen LogP contribution is 2.25. The zero-order valence-corrected chi connectivity index (χ0v) is 11.8. The number of hydrogen-bond donors (Lipinski definition) is 1. The van der Waals surface area contributed by atoms with Gasteiger partial charge in [-0.3, -0.25) is 0 Å². The highest BCUT2D eigenvalue weighted by atomic mass is 35.5. The Morgan fingerprint density at radius 1 is 1.45 bits per heavy atom. The topological polar surface area (TPSA) is 110 Å². The lowest BCUT2D eigenvalue weighted by atomic mass is 10.2. The highest BCUT2D eigenvalue weighted by molar-refractivity contribution is 7.90. The maximum atomic E-state index is 12.2. The number of rotatable bonds is 4. The molecule has 0 aliphatic rings. The van der Waals surface area contributed by atoms with Crippen molar-refractivity contribution in [2.45, 2.75) is 17.6 Å². The second-order valence-electron chi connectivity index (χ2n) is 3.94. The minimum atomic E-state index is -3.87. The number of halogens is 1. The maximum Gasteiger partial charge on any atom is 0.335 e. The van der Waals surface area contributed by atoms with E-state index in [2.05, 4.69) is 14.7 Å². The van der Waals surface area contributed by atoms with Crippen LogP contribution in [0, 0.1) is 6.92 Å². The molecule has 0 unspecified atom stereocenters. The van der Waals surface area contributed by atoms with Crippen molar-refractivity contribution in [2.24, 2.45) is 0 Å². The van der Waals surface area contributed by atoms with Crippen LogP contribution in [-0.4, -0.2) is 29.6 Å². The molecule has 7 nitrogen and oxygen atoms in total. The molecule has 106 valence electrons. The summed E-state index contributed by atoms with van der Waals surface area (Å²) in [5, 5.41) is 12.3. The average Bonchev–Trinajstić information content (AvgIpc) is 2.73. The number of carboxylic acid groups (broad SMARTS) is 1. The number of aromatic nitrogens is 2. The number of aromatic carboxylic acids is 1. The van der Waals surface area contributed by atoms with Gasteiger partial charge in [-0.15, -0.1) is 0 Å². The summed E-state index contributed by atoms with van der Waals surface area (Å²) in [6.45, 7) is 1.53. The molecule has 0 amide bonds. The van der Waals surface area contributed by atoms with Crippen LogP contribution < -0.4 is 0 Å². The number of carbonyl (C=O) groups is 1. The van der Waals surface area contributed by atoms with Crippen molar-refractivity contribution in [3.05, 3.63) is 40.5 Å². The Labute approximate surface area is 119 Å². The normalized spacial score (nSPS) is 11.5. The monoisotopic (exact) mass is 316 g/mol. The van der Waals surface area contributed by atoms with Crippen molar-refractivity contribution < 1.29 is 22.8 Å². The van der Waals surface area contributed by atoms with Crippen molar-refractivity contribution in [3.63, 3.8) is 0 Å². The molecule has 0 spiro atoms. The average molecular weight is 317 g/mol. The molecule has 0 radical (unpaired) electrons. The predicted molar refractivity (Wildman–Crippen MR) is 68.3 cm³/mol. The molecule has 2 rings (SSSR count). The van der Waals surface area contributed by atoms with Gasteiger partial charge in [-0.2, -0.15) is 4.98 Å². The quantitative estimate of drug-likeness (QED) is 0.913. The van der Waals surface area contributed by atoms with Crippen LogP contribution in [0.15, 0.2) is 27.6 Å². The summed E-state index contributed by atoms with van der Waals surface area (Å²) in [6, 6.07) is 3.45. The van der Waals surface area contributed by atoms with E-state index >= 15 is 0 Å². The van der Waals surface area contributed by atoms with Crippen LogP contribution in [0.3, 0.4) is 0 Å². The summed E-state index contributed by atoms with van der Waals surface area (Å²) in [5.41, 5.74) is -0.169. The molecule has 0 aliphatic carbocycles. The third-order valence-corrected chi connectivity index (χ3v) is 4.49. The van der Waals surface area contributed by atoms with E-state index < -0.39 is 21.6 Å². The zero-order chi connectivity index (χ0) is 14.9. The summed E-state index contributed by atoms with van der Waals surface area (Å²) in [4.78, 5) is 14.4. The molecule has 2 aromatic rings. The van der Waals surface area contributed by atoms with Gasteiger partial charge >= 0.3 is 5.97 Å². The third kappa shape index (κ3) is 2.97. The molecule has 1 aromatic heterocycles. The molecule has 0 atom stereocenters. The smallest absolute Gasteiger partial charge is 0.335 e. The molecule has 1 aromatic carbocycles. The largest absolute Gasteiger partial charge is 0.478 e. The summed E-state index contributed by atoms with van der Waals surface area (Å²) in [7, 11) is -3.87. The minimum absolute atomic E-state index is 0.0145. The van der Waals surface area contributed by atoms with Crippen molar-refractivity contribution in [2.75, 3.05) is 0 Å². The van der Waals surface area contributed by atoms with Crippen molar-refractivity contribution in [1.82, 2.24) is 10.1 Å². The Morgan fingerprint density at radius 2 is 2.15 bits per heavy atom. The molecule has 0 bridgehead atoms. The van der Waals surface area contributed by atoms with Gasteiger partial charge in [0, 0.05) is 6.92 Å². The van der Waals surface area contributed by atoms with E-state index in [0.29, 0.717) is 0 Å². The summed E-state index contributed by atoms with van der Waals surface area (Å²) in [6.07, 6.45) is 0. The van der Waals surface area contributed by atoms with Crippen LogP contribution in [-0.2, 0) is 15.6 Å². The first-order chi connectivity index (χ1) is 9.29. The molecule has 0 saturated heterocycles. The predicted octanol–water partition coefficient (Wildman–Crippen LogP) is 1.70. The first-order valence-corrected chi connectivity index (χ1v) is 7.37. The van der Waals surface area contributed by atoms with Gasteiger partial charge in [-0.1, -0.05) is 16.8 Å². The Hall–Kier alpha value is -1.93. The van der Waals surface area contributed by atoms with Crippen LogP contribution in [0.1, 0.15) is 22.1 Å². The lowest BCUT2D eigenvalue weighted by molar-refractivity contribution is 0.0696. The van der Waals surface area contributed by atoms with E-state index in [1.54, 1.807) is 0 Å². The number of benzene rings is 1. The molecule has 0 saturated carbocycles. The standard InChI is InChI=1S/C11H9ClN2O5S/c1-6-13-10(14-19-6)5-20(17,18)9-4-7(11(15)16)2-3-8(9)12/h2-4H,5H2,1H3,(H,15,16). The van der Waals surface area contributed by atoms with E-state index in [4.69, 9.17) is 16.7 Å². The number of sulfone groups is 1. The van der Waals surface area contributed by atoms with Crippen molar-refractivity contribution >= 4 is 27.4 Å². The Balaban J connectivity index is 2.43. The van der Waals surface area contributed by atoms with E-state index in [1.807, 2.05) is 0 Å². The number of nitrogens with zero attached hydrogens (tertiary/aromatic N) is 2. The van der Waals surface area contributed by atoms with Gasteiger partial charge in [-0.05, 0) is 18.2 Å². The van der Waals surface area contributed by atoms with E-state index in [1.165, 1.54) is 19.1 Å². The van der Waals surface area contributed by atoms with Gasteiger partial charge in [0.25, 0.3) is 0 Å². The zero-order valence-electron chi connectivity index (χ0n) is 10.2. The molecule has 20 heavy (non-hydrogen) atoms. The number of hydrogen-bond acceptors (Lipinski definition) is 6. The second-order valence-corrected chi connectivity index (χ2v) is 6.30. The summed E-state index contributed by atoms with van der Waals surface area (Å²) >= 11 is 5.82. The van der Waals surface area contributed by atoms with Crippen LogP contribution in [0.5, 0.6) is 0 Å². The molecule has 0 aliphatic heterocycles. The van der Waals surface area contributed by atoms with Crippen LogP contribution in [0.25, 0.3) is 0 Å². The van der Waals surface area contributed by atoms with Gasteiger partial charge in [0.05, 0.1) is 15.5 Å². The van der Waals surface area contributed by atoms with E-state index in [9.17, 15) is 13.2 Å².